The maximum atomic E-state index is 13.2. The van der Waals surface area contributed by atoms with Crippen LogP contribution in [0.5, 0.6) is 0 Å². The Morgan fingerprint density at radius 2 is 2.19 bits per heavy atom. The lowest BCUT2D eigenvalue weighted by Crippen LogP contribution is -2.28. The molecular weight excluding hydrogens is 383 g/mol. The van der Waals surface area contributed by atoms with Gasteiger partial charge in [-0.1, -0.05) is 11.6 Å². The van der Waals surface area contributed by atoms with Gasteiger partial charge in [0.25, 0.3) is 0 Å². The van der Waals surface area contributed by atoms with Crippen molar-refractivity contribution in [2.45, 2.75) is 19.3 Å². The van der Waals surface area contributed by atoms with Crippen molar-refractivity contribution in [2.75, 3.05) is 5.32 Å². The summed E-state index contributed by atoms with van der Waals surface area (Å²) in [6.07, 6.45) is 0. The van der Waals surface area contributed by atoms with E-state index in [2.05, 4.69) is 26.2 Å². The zero-order valence-electron chi connectivity index (χ0n) is 11.1. The molecular formula is C13H11BrClFN2O2S. The smallest absolute Gasteiger partial charge is 0.315 e. The normalized spacial score (nSPS) is 11.5. The van der Waals surface area contributed by atoms with E-state index in [1.165, 1.54) is 23.5 Å². The van der Waals surface area contributed by atoms with Gasteiger partial charge in [-0.05, 0) is 41.9 Å². The van der Waals surface area contributed by atoms with Crippen molar-refractivity contribution in [3.05, 3.63) is 38.5 Å². The average molecular weight is 394 g/mol. The van der Waals surface area contributed by atoms with Crippen molar-refractivity contribution in [3.8, 4) is 0 Å². The highest BCUT2D eigenvalue weighted by atomic mass is 79.9. The van der Waals surface area contributed by atoms with Crippen LogP contribution in [-0.4, -0.2) is 16.1 Å². The molecule has 0 atom stereocenters. The predicted molar refractivity (Wildman–Crippen MR) is 85.2 cm³/mol. The molecule has 0 radical (unpaired) electrons. The number of halogens is 3. The van der Waals surface area contributed by atoms with Crippen LogP contribution in [0.2, 0.25) is 5.02 Å². The first-order valence-corrected chi connectivity index (χ1v) is 7.88. The largest absolute Gasteiger partial charge is 0.481 e. The van der Waals surface area contributed by atoms with E-state index < -0.39 is 17.2 Å². The molecule has 0 saturated carbocycles. The summed E-state index contributed by atoms with van der Waals surface area (Å²) in [4.78, 5) is 15.5. The lowest BCUT2D eigenvalue weighted by molar-refractivity contribution is -0.142. The van der Waals surface area contributed by atoms with Crippen LogP contribution in [0, 0.1) is 5.82 Å². The van der Waals surface area contributed by atoms with Crippen LogP contribution in [0.15, 0.2) is 22.0 Å². The Morgan fingerprint density at radius 1 is 1.52 bits per heavy atom. The number of carbonyl (C=O) groups is 1. The van der Waals surface area contributed by atoms with E-state index in [0.29, 0.717) is 21.0 Å². The van der Waals surface area contributed by atoms with Gasteiger partial charge in [-0.2, -0.15) is 0 Å². The molecule has 0 aliphatic carbocycles. The highest BCUT2D eigenvalue weighted by molar-refractivity contribution is 9.10. The number of nitrogens with one attached hydrogen (secondary N) is 1. The van der Waals surface area contributed by atoms with Crippen LogP contribution in [0.1, 0.15) is 19.5 Å². The van der Waals surface area contributed by atoms with E-state index in [1.807, 2.05) is 0 Å². The van der Waals surface area contributed by atoms with Crippen molar-refractivity contribution in [2.24, 2.45) is 0 Å². The number of nitrogens with zero attached hydrogens (tertiary/aromatic N) is 1. The van der Waals surface area contributed by atoms with E-state index in [0.717, 1.165) is 0 Å². The summed E-state index contributed by atoms with van der Waals surface area (Å²) < 4.78 is 13.6. The molecule has 1 aromatic heterocycles. The average Bonchev–Trinajstić information content (AvgIpc) is 2.82. The van der Waals surface area contributed by atoms with Gasteiger partial charge in [-0.15, -0.1) is 11.3 Å². The third-order valence-corrected chi connectivity index (χ3v) is 4.60. The van der Waals surface area contributed by atoms with E-state index in [9.17, 15) is 14.3 Å². The van der Waals surface area contributed by atoms with Crippen LogP contribution in [0.25, 0.3) is 0 Å². The molecule has 1 aromatic carbocycles. The number of carboxylic acids is 1. The zero-order chi connectivity index (χ0) is 15.8. The molecule has 0 bridgehead atoms. The number of thiazole rings is 1. The fraction of sp³-hybridized carbons (Fsp3) is 0.231. The SMILES string of the molecule is CC(C)(C(=O)O)c1csc(Nc2c(Cl)cc(F)cc2Br)n1. The molecule has 0 spiro atoms. The Morgan fingerprint density at radius 3 is 2.76 bits per heavy atom. The number of anilines is 2. The fourth-order valence-electron chi connectivity index (χ4n) is 1.50. The Labute approximate surface area is 138 Å². The monoisotopic (exact) mass is 392 g/mol. The molecule has 2 rings (SSSR count). The summed E-state index contributed by atoms with van der Waals surface area (Å²) in [5.41, 5.74) is -0.163. The minimum absolute atomic E-state index is 0.205. The lowest BCUT2D eigenvalue weighted by atomic mass is 9.90. The van der Waals surface area contributed by atoms with Crippen LogP contribution < -0.4 is 5.32 Å². The summed E-state index contributed by atoms with van der Waals surface area (Å²) in [5.74, 6) is -1.41. The summed E-state index contributed by atoms with van der Waals surface area (Å²) >= 11 is 10.5. The van der Waals surface area contributed by atoms with Crippen molar-refractivity contribution >= 4 is 55.7 Å². The van der Waals surface area contributed by atoms with Crippen molar-refractivity contribution in [1.29, 1.82) is 0 Å². The van der Waals surface area contributed by atoms with E-state index >= 15 is 0 Å². The molecule has 112 valence electrons. The van der Waals surface area contributed by atoms with Gasteiger partial charge in [-0.25, -0.2) is 9.37 Å². The molecule has 0 aliphatic heterocycles. The second-order valence-electron chi connectivity index (χ2n) is 4.84. The molecule has 0 amide bonds. The van der Waals surface area contributed by atoms with Crippen LogP contribution in [-0.2, 0) is 10.2 Å². The van der Waals surface area contributed by atoms with Crippen molar-refractivity contribution in [1.82, 2.24) is 4.98 Å². The number of aromatic nitrogens is 1. The van der Waals surface area contributed by atoms with Gasteiger partial charge < -0.3 is 10.4 Å². The molecule has 2 N–H and O–H groups in total. The van der Waals surface area contributed by atoms with Crippen LogP contribution in [0.3, 0.4) is 0 Å². The van der Waals surface area contributed by atoms with Gasteiger partial charge in [0.2, 0.25) is 0 Å². The minimum Gasteiger partial charge on any atom is -0.481 e. The zero-order valence-corrected chi connectivity index (χ0v) is 14.2. The van der Waals surface area contributed by atoms with Gasteiger partial charge >= 0.3 is 5.97 Å². The first kappa shape index (κ1) is 16.2. The molecule has 21 heavy (non-hydrogen) atoms. The van der Waals surface area contributed by atoms with Gasteiger partial charge in [0, 0.05) is 9.85 Å². The molecule has 4 nitrogen and oxygen atoms in total. The first-order chi connectivity index (χ1) is 9.71. The van der Waals surface area contributed by atoms with E-state index in [4.69, 9.17) is 11.6 Å². The highest BCUT2D eigenvalue weighted by Gasteiger charge is 2.32. The second-order valence-corrected chi connectivity index (χ2v) is 6.96. The molecule has 8 heteroatoms. The number of hydrogen-bond acceptors (Lipinski definition) is 4. The Hall–Kier alpha value is -1.18. The Bertz CT molecular complexity index is 682. The van der Waals surface area contributed by atoms with Gasteiger partial charge in [0.05, 0.1) is 16.4 Å². The third-order valence-electron chi connectivity index (χ3n) is 2.92. The maximum absolute atomic E-state index is 13.2. The summed E-state index contributed by atoms with van der Waals surface area (Å²) in [6.45, 7) is 3.16. The topological polar surface area (TPSA) is 62.2 Å². The number of aliphatic carboxylic acids is 1. The molecule has 0 aliphatic rings. The number of rotatable bonds is 4. The number of benzene rings is 1. The van der Waals surface area contributed by atoms with Crippen LogP contribution in [0.4, 0.5) is 15.2 Å². The van der Waals surface area contributed by atoms with Crippen molar-refractivity contribution < 1.29 is 14.3 Å². The molecule has 0 fully saturated rings. The van der Waals surface area contributed by atoms with Crippen LogP contribution >= 0.6 is 38.9 Å². The molecule has 1 heterocycles. The van der Waals surface area contributed by atoms with E-state index in [1.54, 1.807) is 19.2 Å². The molecule has 0 unspecified atom stereocenters. The highest BCUT2D eigenvalue weighted by Crippen LogP contribution is 2.36. The summed E-state index contributed by atoms with van der Waals surface area (Å²) in [5, 5.41) is 14.5. The summed E-state index contributed by atoms with van der Waals surface area (Å²) in [7, 11) is 0. The standard InChI is InChI=1S/C13H11BrClFN2O2S/c1-13(2,11(19)20)9-5-21-12(17-9)18-10-7(14)3-6(16)4-8(10)15/h3-5H,1-2H3,(H,17,18)(H,19,20). The molecule has 2 aromatic rings. The number of hydrogen-bond donors (Lipinski definition) is 2. The van der Waals surface area contributed by atoms with Crippen molar-refractivity contribution in [3.63, 3.8) is 0 Å². The summed E-state index contributed by atoms with van der Waals surface area (Å²) in [6, 6.07) is 2.47. The number of carboxylic acid groups (broad SMARTS) is 1. The lowest BCUT2D eigenvalue weighted by Gasteiger charge is -2.15. The van der Waals surface area contributed by atoms with Gasteiger partial charge in [0.1, 0.15) is 11.2 Å². The second kappa shape index (κ2) is 5.90. The molecule has 0 saturated heterocycles. The first-order valence-electron chi connectivity index (χ1n) is 5.83. The van der Waals surface area contributed by atoms with Gasteiger partial charge in [-0.3, -0.25) is 4.79 Å². The Kier molecular flexibility index (Phi) is 4.55. The Balaban J connectivity index is 2.31. The maximum Gasteiger partial charge on any atom is 0.315 e. The quantitative estimate of drug-likeness (QED) is 0.783. The fourth-order valence-corrected chi connectivity index (χ4v) is 3.28. The third kappa shape index (κ3) is 3.36. The van der Waals surface area contributed by atoms with Gasteiger partial charge in [0.15, 0.2) is 5.13 Å². The predicted octanol–water partition coefficient (Wildman–Crippen LogP) is 4.80. The minimum atomic E-state index is -1.08. The van der Waals surface area contributed by atoms with E-state index in [-0.39, 0.29) is 5.02 Å².